The number of rotatable bonds is 2. The first-order valence-corrected chi connectivity index (χ1v) is 7.61. The summed E-state index contributed by atoms with van der Waals surface area (Å²) in [6.07, 6.45) is 4.26. The van der Waals surface area contributed by atoms with Gasteiger partial charge in [0.05, 0.1) is 10.4 Å². The number of hydrogen-bond donors (Lipinski definition) is 2. The average Bonchev–Trinajstić information content (AvgIpc) is 3.06. The first-order valence-electron chi connectivity index (χ1n) is 6.41. The van der Waals surface area contributed by atoms with Crippen molar-refractivity contribution >= 4 is 39.5 Å². The quantitative estimate of drug-likeness (QED) is 0.684. The van der Waals surface area contributed by atoms with Gasteiger partial charge in [-0.2, -0.15) is 0 Å². The Balaban J connectivity index is 1.64. The summed E-state index contributed by atoms with van der Waals surface area (Å²) in [5.74, 6) is 0. The monoisotopic (exact) mass is 288 g/mol. The van der Waals surface area contributed by atoms with Crippen LogP contribution >= 0.6 is 22.9 Å². The maximum Gasteiger partial charge on any atom is 0.0934 e. The molecule has 0 fully saturated rings. The number of aromatic amines is 1. The van der Waals surface area contributed by atoms with Gasteiger partial charge in [0.15, 0.2) is 0 Å². The van der Waals surface area contributed by atoms with E-state index in [0.29, 0.717) is 6.04 Å². The van der Waals surface area contributed by atoms with Gasteiger partial charge in [0.25, 0.3) is 0 Å². The Morgan fingerprint density at radius 1 is 1.26 bits per heavy atom. The molecule has 1 atom stereocenters. The van der Waals surface area contributed by atoms with Crippen molar-refractivity contribution in [2.24, 2.45) is 0 Å². The number of aryl methyl sites for hydroxylation is 1. The largest absolute Gasteiger partial charge is 0.378 e. The van der Waals surface area contributed by atoms with E-state index in [0.717, 1.165) is 17.2 Å². The fourth-order valence-corrected chi connectivity index (χ4v) is 4.18. The Bertz CT molecular complexity index is 744. The van der Waals surface area contributed by atoms with Crippen LogP contribution in [0.15, 0.2) is 36.5 Å². The van der Waals surface area contributed by atoms with Gasteiger partial charge >= 0.3 is 0 Å². The van der Waals surface area contributed by atoms with Crippen molar-refractivity contribution in [3.05, 3.63) is 51.3 Å². The van der Waals surface area contributed by atoms with Crippen LogP contribution in [0.2, 0.25) is 4.34 Å². The number of anilines is 1. The lowest BCUT2D eigenvalue weighted by Crippen LogP contribution is -2.06. The highest BCUT2D eigenvalue weighted by atomic mass is 35.5. The molecule has 0 amide bonds. The number of nitrogens with one attached hydrogen (secondary N) is 2. The predicted octanol–water partition coefficient (Wildman–Crippen LogP) is 4.98. The number of thiophene rings is 1. The SMILES string of the molecule is Clc1cc2c(s1)CCC2Nc1ccc2[nH]ccc2c1. The van der Waals surface area contributed by atoms with Gasteiger partial charge in [-0.1, -0.05) is 11.6 Å². The van der Waals surface area contributed by atoms with Gasteiger partial charge in [-0.3, -0.25) is 0 Å². The van der Waals surface area contributed by atoms with Gasteiger partial charge in [-0.25, -0.2) is 0 Å². The van der Waals surface area contributed by atoms with E-state index in [1.54, 1.807) is 11.3 Å². The molecule has 3 aromatic rings. The highest BCUT2D eigenvalue weighted by molar-refractivity contribution is 7.16. The third-order valence-corrected chi connectivity index (χ3v) is 5.08. The van der Waals surface area contributed by atoms with Crippen LogP contribution in [0.5, 0.6) is 0 Å². The van der Waals surface area contributed by atoms with Crippen molar-refractivity contribution in [3.8, 4) is 0 Å². The van der Waals surface area contributed by atoms with Crippen molar-refractivity contribution in [1.29, 1.82) is 0 Å². The van der Waals surface area contributed by atoms with Crippen LogP contribution in [-0.2, 0) is 6.42 Å². The smallest absolute Gasteiger partial charge is 0.0934 e. The zero-order valence-electron chi connectivity index (χ0n) is 10.2. The lowest BCUT2D eigenvalue weighted by Gasteiger charge is -2.14. The molecule has 0 spiro atoms. The van der Waals surface area contributed by atoms with Gasteiger partial charge in [-0.05, 0) is 48.7 Å². The van der Waals surface area contributed by atoms with Crippen molar-refractivity contribution in [2.75, 3.05) is 5.32 Å². The summed E-state index contributed by atoms with van der Waals surface area (Å²) < 4.78 is 0.901. The first kappa shape index (κ1) is 11.4. The third-order valence-electron chi connectivity index (χ3n) is 3.74. The molecule has 2 N–H and O–H groups in total. The molecule has 1 aliphatic rings. The summed E-state index contributed by atoms with van der Waals surface area (Å²) in [5, 5.41) is 4.87. The van der Waals surface area contributed by atoms with Crippen molar-refractivity contribution in [1.82, 2.24) is 4.98 Å². The van der Waals surface area contributed by atoms with E-state index in [1.165, 1.54) is 27.0 Å². The van der Waals surface area contributed by atoms with Crippen LogP contribution in [0.3, 0.4) is 0 Å². The lowest BCUT2D eigenvalue weighted by molar-refractivity contribution is 0.762. The number of benzene rings is 1. The van der Waals surface area contributed by atoms with Crippen molar-refractivity contribution in [3.63, 3.8) is 0 Å². The molecule has 1 unspecified atom stereocenters. The Morgan fingerprint density at radius 3 is 3.16 bits per heavy atom. The second-order valence-corrected chi connectivity index (χ2v) is 6.71. The molecule has 2 nitrogen and oxygen atoms in total. The molecule has 0 bridgehead atoms. The maximum atomic E-state index is 6.10. The molecule has 1 aromatic carbocycles. The van der Waals surface area contributed by atoms with Crippen LogP contribution in [-0.4, -0.2) is 4.98 Å². The Labute approximate surface area is 120 Å². The minimum Gasteiger partial charge on any atom is -0.378 e. The number of H-pyrrole nitrogens is 1. The van der Waals surface area contributed by atoms with Gasteiger partial charge in [0, 0.05) is 27.7 Å². The summed E-state index contributed by atoms with van der Waals surface area (Å²) in [6, 6.07) is 11.1. The Morgan fingerprint density at radius 2 is 2.21 bits per heavy atom. The fourth-order valence-electron chi connectivity index (χ4n) is 2.82. The number of aromatic nitrogens is 1. The van der Waals surface area contributed by atoms with Gasteiger partial charge < -0.3 is 10.3 Å². The van der Waals surface area contributed by atoms with E-state index < -0.39 is 0 Å². The summed E-state index contributed by atoms with van der Waals surface area (Å²) in [6.45, 7) is 0. The highest BCUT2D eigenvalue weighted by Gasteiger charge is 2.24. The van der Waals surface area contributed by atoms with Gasteiger partial charge in [0.2, 0.25) is 0 Å². The molecule has 96 valence electrons. The molecule has 2 heterocycles. The topological polar surface area (TPSA) is 27.8 Å². The van der Waals surface area contributed by atoms with E-state index in [4.69, 9.17) is 11.6 Å². The minimum absolute atomic E-state index is 0.398. The molecule has 0 radical (unpaired) electrons. The van der Waals surface area contributed by atoms with E-state index in [2.05, 4.69) is 40.6 Å². The average molecular weight is 289 g/mol. The highest BCUT2D eigenvalue weighted by Crippen LogP contribution is 2.41. The van der Waals surface area contributed by atoms with E-state index in [9.17, 15) is 0 Å². The predicted molar refractivity (Wildman–Crippen MR) is 82.3 cm³/mol. The second kappa shape index (κ2) is 4.29. The molecule has 19 heavy (non-hydrogen) atoms. The number of halogens is 1. The molecule has 2 aromatic heterocycles. The van der Waals surface area contributed by atoms with Crippen LogP contribution in [0.4, 0.5) is 5.69 Å². The molecule has 1 aliphatic carbocycles. The molecule has 0 aliphatic heterocycles. The van der Waals surface area contributed by atoms with Crippen LogP contribution in [0.1, 0.15) is 22.9 Å². The third kappa shape index (κ3) is 1.94. The molecule has 4 rings (SSSR count). The van der Waals surface area contributed by atoms with Gasteiger partial charge in [0.1, 0.15) is 0 Å². The summed E-state index contributed by atoms with van der Waals surface area (Å²) in [5.41, 5.74) is 3.73. The maximum absolute atomic E-state index is 6.10. The standard InChI is InChI=1S/C15H13ClN2S/c16-15-8-11-13(3-4-14(11)19-15)18-10-1-2-12-9(7-10)5-6-17-12/h1-2,5-8,13,17-18H,3-4H2. The number of fused-ring (bicyclic) bond motifs is 2. The summed E-state index contributed by atoms with van der Waals surface area (Å²) in [7, 11) is 0. The molecule has 0 saturated heterocycles. The minimum atomic E-state index is 0.398. The molecule has 0 saturated carbocycles. The van der Waals surface area contributed by atoms with E-state index in [1.807, 2.05) is 6.20 Å². The van der Waals surface area contributed by atoms with Crippen molar-refractivity contribution < 1.29 is 0 Å². The first-order chi connectivity index (χ1) is 9.29. The lowest BCUT2D eigenvalue weighted by atomic mass is 10.1. The zero-order chi connectivity index (χ0) is 12.8. The Kier molecular flexibility index (Phi) is 2.57. The molecule has 4 heteroatoms. The summed E-state index contributed by atoms with van der Waals surface area (Å²) >= 11 is 7.81. The number of hydrogen-bond acceptors (Lipinski definition) is 2. The molecular formula is C15H13ClN2S. The van der Waals surface area contributed by atoms with E-state index >= 15 is 0 Å². The zero-order valence-corrected chi connectivity index (χ0v) is 11.8. The van der Waals surface area contributed by atoms with Crippen molar-refractivity contribution in [2.45, 2.75) is 18.9 Å². The van der Waals surface area contributed by atoms with Crippen LogP contribution in [0.25, 0.3) is 10.9 Å². The van der Waals surface area contributed by atoms with Crippen LogP contribution in [0, 0.1) is 0 Å². The fraction of sp³-hybridized carbons (Fsp3) is 0.200. The normalized spacial score (nSPS) is 17.8. The van der Waals surface area contributed by atoms with Gasteiger partial charge in [-0.15, -0.1) is 11.3 Å². The summed E-state index contributed by atoms with van der Waals surface area (Å²) in [4.78, 5) is 4.65. The Hall–Kier alpha value is -1.45. The van der Waals surface area contributed by atoms with E-state index in [-0.39, 0.29) is 0 Å². The molecular weight excluding hydrogens is 276 g/mol. The van der Waals surface area contributed by atoms with Crippen LogP contribution < -0.4 is 5.32 Å². The second-order valence-electron chi connectivity index (χ2n) is 4.94.